The quantitative estimate of drug-likeness (QED) is 0.432. The maximum atomic E-state index is 12.7. The summed E-state index contributed by atoms with van der Waals surface area (Å²) in [6, 6.07) is 12.4. The van der Waals surface area contributed by atoms with E-state index in [4.69, 9.17) is 10.3 Å². The highest BCUT2D eigenvalue weighted by Crippen LogP contribution is 2.25. The van der Waals surface area contributed by atoms with Crippen molar-refractivity contribution in [3.8, 4) is 11.5 Å². The Morgan fingerprint density at radius 3 is 2.53 bits per heavy atom. The second-order valence-electron chi connectivity index (χ2n) is 3.24. The standard InChI is InChI=1S/C12H8FN3O/c13-9-4-6-11(7-5-9)17-12-3-1-2-10(8-12)15-16-14/h1-8H. The van der Waals surface area contributed by atoms with Crippen LogP contribution in [0.2, 0.25) is 0 Å². The highest BCUT2D eigenvalue weighted by molar-refractivity contribution is 5.44. The minimum Gasteiger partial charge on any atom is -0.457 e. The van der Waals surface area contributed by atoms with Crippen LogP contribution in [-0.4, -0.2) is 0 Å². The van der Waals surface area contributed by atoms with Crippen LogP contribution >= 0.6 is 0 Å². The largest absolute Gasteiger partial charge is 0.457 e. The molecule has 0 amide bonds. The van der Waals surface area contributed by atoms with Gasteiger partial charge in [-0.15, -0.1) is 0 Å². The van der Waals surface area contributed by atoms with Gasteiger partial charge in [0.2, 0.25) is 0 Å². The van der Waals surface area contributed by atoms with Crippen LogP contribution in [0, 0.1) is 5.82 Å². The van der Waals surface area contributed by atoms with Gasteiger partial charge < -0.3 is 4.74 Å². The first-order valence-electron chi connectivity index (χ1n) is 4.86. The molecule has 5 heteroatoms. The molecule has 0 radical (unpaired) electrons. The second-order valence-corrected chi connectivity index (χ2v) is 3.24. The van der Waals surface area contributed by atoms with Crippen molar-refractivity contribution < 1.29 is 9.13 Å². The van der Waals surface area contributed by atoms with E-state index in [-0.39, 0.29) is 5.82 Å². The van der Waals surface area contributed by atoms with Crippen molar-refractivity contribution in [2.75, 3.05) is 0 Å². The Kier molecular flexibility index (Phi) is 3.23. The van der Waals surface area contributed by atoms with Gasteiger partial charge in [-0.2, -0.15) is 0 Å². The van der Waals surface area contributed by atoms with Gasteiger partial charge in [-0.1, -0.05) is 17.2 Å². The van der Waals surface area contributed by atoms with Crippen molar-refractivity contribution >= 4 is 5.69 Å². The minimum atomic E-state index is -0.319. The Labute approximate surface area is 96.9 Å². The third-order valence-corrected chi connectivity index (χ3v) is 2.03. The normalized spacial score (nSPS) is 9.47. The summed E-state index contributed by atoms with van der Waals surface area (Å²) in [5.41, 5.74) is 8.77. The van der Waals surface area contributed by atoms with Gasteiger partial charge in [0.25, 0.3) is 0 Å². The van der Waals surface area contributed by atoms with Crippen molar-refractivity contribution in [2.45, 2.75) is 0 Å². The SMILES string of the molecule is [N-]=[N+]=Nc1cccc(Oc2ccc(F)cc2)c1. The molecule has 0 N–H and O–H groups in total. The summed E-state index contributed by atoms with van der Waals surface area (Å²) in [6.45, 7) is 0. The molecule has 2 rings (SSSR count). The fourth-order valence-corrected chi connectivity index (χ4v) is 1.30. The molecule has 0 aliphatic heterocycles. The molecule has 17 heavy (non-hydrogen) atoms. The molecular weight excluding hydrogens is 221 g/mol. The van der Waals surface area contributed by atoms with E-state index in [1.54, 1.807) is 24.3 Å². The highest BCUT2D eigenvalue weighted by Gasteiger charge is 1.98. The molecule has 2 aromatic carbocycles. The van der Waals surface area contributed by atoms with Gasteiger partial charge in [-0.25, -0.2) is 4.39 Å². The molecule has 0 atom stereocenters. The smallest absolute Gasteiger partial charge is 0.127 e. The van der Waals surface area contributed by atoms with Gasteiger partial charge in [0, 0.05) is 10.6 Å². The van der Waals surface area contributed by atoms with E-state index in [1.165, 1.54) is 24.3 Å². The van der Waals surface area contributed by atoms with Gasteiger partial charge in [0.15, 0.2) is 0 Å². The fourth-order valence-electron chi connectivity index (χ4n) is 1.30. The maximum absolute atomic E-state index is 12.7. The zero-order valence-electron chi connectivity index (χ0n) is 8.75. The molecule has 0 fully saturated rings. The average molecular weight is 229 g/mol. The summed E-state index contributed by atoms with van der Waals surface area (Å²) in [4.78, 5) is 2.69. The number of hydrogen-bond donors (Lipinski definition) is 0. The Balaban J connectivity index is 2.20. The van der Waals surface area contributed by atoms with E-state index in [1.807, 2.05) is 0 Å². The second kappa shape index (κ2) is 5.01. The summed E-state index contributed by atoms with van der Waals surface area (Å²) < 4.78 is 18.1. The van der Waals surface area contributed by atoms with E-state index in [0.717, 1.165) is 0 Å². The summed E-state index contributed by atoms with van der Waals surface area (Å²) in [5, 5.41) is 3.46. The van der Waals surface area contributed by atoms with Crippen LogP contribution in [0.1, 0.15) is 0 Å². The van der Waals surface area contributed by atoms with E-state index in [2.05, 4.69) is 10.0 Å². The first-order valence-corrected chi connectivity index (χ1v) is 4.86. The number of nitrogens with zero attached hydrogens (tertiary/aromatic N) is 3. The van der Waals surface area contributed by atoms with E-state index in [9.17, 15) is 4.39 Å². The van der Waals surface area contributed by atoms with Gasteiger partial charge >= 0.3 is 0 Å². The number of rotatable bonds is 3. The minimum absolute atomic E-state index is 0.319. The number of ether oxygens (including phenoxy) is 1. The zero-order valence-corrected chi connectivity index (χ0v) is 8.75. The average Bonchev–Trinajstić information content (AvgIpc) is 2.33. The number of azide groups is 1. The van der Waals surface area contributed by atoms with Gasteiger partial charge in [-0.3, -0.25) is 0 Å². The Morgan fingerprint density at radius 1 is 1.06 bits per heavy atom. The monoisotopic (exact) mass is 229 g/mol. The molecular formula is C12H8FN3O. The zero-order chi connectivity index (χ0) is 12.1. The first-order chi connectivity index (χ1) is 8.28. The van der Waals surface area contributed by atoms with Crippen LogP contribution in [0.4, 0.5) is 10.1 Å². The lowest BCUT2D eigenvalue weighted by Gasteiger charge is -2.05. The molecule has 0 heterocycles. The van der Waals surface area contributed by atoms with Crippen LogP contribution in [0.25, 0.3) is 10.4 Å². The summed E-state index contributed by atoms with van der Waals surface area (Å²) in [6.07, 6.45) is 0. The lowest BCUT2D eigenvalue weighted by Crippen LogP contribution is -1.83. The Morgan fingerprint density at radius 2 is 1.82 bits per heavy atom. The molecule has 0 spiro atoms. The molecule has 4 nitrogen and oxygen atoms in total. The Hall–Kier alpha value is -2.52. The molecule has 0 saturated carbocycles. The van der Waals surface area contributed by atoms with Crippen LogP contribution in [0.15, 0.2) is 53.6 Å². The van der Waals surface area contributed by atoms with Crippen molar-refractivity contribution in [1.82, 2.24) is 0 Å². The van der Waals surface area contributed by atoms with Gasteiger partial charge in [0.05, 0.1) is 0 Å². The van der Waals surface area contributed by atoms with E-state index < -0.39 is 0 Å². The summed E-state index contributed by atoms with van der Waals surface area (Å²) in [7, 11) is 0. The van der Waals surface area contributed by atoms with Crippen LogP contribution < -0.4 is 4.74 Å². The Bertz CT molecular complexity index is 562. The maximum Gasteiger partial charge on any atom is 0.127 e. The van der Waals surface area contributed by atoms with Crippen LogP contribution in [0.5, 0.6) is 11.5 Å². The van der Waals surface area contributed by atoms with Gasteiger partial charge in [-0.05, 0) is 41.9 Å². The predicted octanol–water partition coefficient (Wildman–Crippen LogP) is 4.56. The predicted molar refractivity (Wildman–Crippen MR) is 61.7 cm³/mol. The topological polar surface area (TPSA) is 58.0 Å². The van der Waals surface area contributed by atoms with Gasteiger partial charge in [0.1, 0.15) is 17.3 Å². The van der Waals surface area contributed by atoms with Crippen LogP contribution in [-0.2, 0) is 0 Å². The molecule has 84 valence electrons. The molecule has 0 bridgehead atoms. The molecule has 0 aliphatic rings. The number of hydrogen-bond acceptors (Lipinski definition) is 2. The van der Waals surface area contributed by atoms with Crippen molar-refractivity contribution in [3.05, 3.63) is 64.8 Å². The third-order valence-electron chi connectivity index (χ3n) is 2.03. The first kappa shape index (κ1) is 11.0. The third kappa shape index (κ3) is 2.96. The van der Waals surface area contributed by atoms with Crippen molar-refractivity contribution in [1.29, 1.82) is 0 Å². The fraction of sp³-hybridized carbons (Fsp3) is 0. The lowest BCUT2D eigenvalue weighted by atomic mass is 10.3. The van der Waals surface area contributed by atoms with Crippen molar-refractivity contribution in [3.63, 3.8) is 0 Å². The molecule has 0 saturated heterocycles. The summed E-state index contributed by atoms with van der Waals surface area (Å²) in [5.74, 6) is 0.728. The molecule has 0 unspecified atom stereocenters. The number of halogens is 1. The lowest BCUT2D eigenvalue weighted by molar-refractivity contribution is 0.481. The molecule has 0 aliphatic carbocycles. The summed E-state index contributed by atoms with van der Waals surface area (Å²) >= 11 is 0. The van der Waals surface area contributed by atoms with Crippen molar-refractivity contribution in [2.24, 2.45) is 5.11 Å². The molecule has 2 aromatic rings. The van der Waals surface area contributed by atoms with E-state index >= 15 is 0 Å². The van der Waals surface area contributed by atoms with Crippen LogP contribution in [0.3, 0.4) is 0 Å². The molecule has 0 aromatic heterocycles. The van der Waals surface area contributed by atoms with E-state index in [0.29, 0.717) is 17.2 Å². The number of benzene rings is 2. The highest BCUT2D eigenvalue weighted by atomic mass is 19.1.